The Morgan fingerprint density at radius 2 is 2.27 bits per heavy atom. The molecule has 9 heteroatoms. The molecule has 0 radical (unpaired) electrons. The fourth-order valence-corrected chi connectivity index (χ4v) is 2.93. The van der Waals surface area contributed by atoms with Gasteiger partial charge < -0.3 is 19.7 Å². The third-order valence-electron chi connectivity index (χ3n) is 4.21. The lowest BCUT2D eigenvalue weighted by Gasteiger charge is -2.32. The lowest BCUT2D eigenvalue weighted by Crippen LogP contribution is -2.45. The molecule has 1 unspecified atom stereocenters. The number of tetrazole rings is 1. The Labute approximate surface area is 152 Å². The number of benzene rings is 1. The second kappa shape index (κ2) is 8.61. The summed E-state index contributed by atoms with van der Waals surface area (Å²) in [5.41, 5.74) is 1.32. The molecule has 140 valence electrons. The highest BCUT2D eigenvalue weighted by Crippen LogP contribution is 2.24. The number of likely N-dealkylation sites (tertiary alicyclic amines) is 1. The fraction of sp³-hybridized carbons (Fsp3) is 0.529. The van der Waals surface area contributed by atoms with Crippen molar-refractivity contribution >= 4 is 11.7 Å². The second-order valence-corrected chi connectivity index (χ2v) is 6.19. The van der Waals surface area contributed by atoms with Crippen molar-refractivity contribution < 1.29 is 14.3 Å². The highest BCUT2D eigenvalue weighted by atomic mass is 16.5. The molecule has 1 aromatic carbocycles. The largest absolute Gasteiger partial charge is 0.497 e. The summed E-state index contributed by atoms with van der Waals surface area (Å²) in [6, 6.07) is 5.21. The van der Waals surface area contributed by atoms with Crippen LogP contribution in [0.25, 0.3) is 5.69 Å². The standard InChI is InChI=1S/C17H24N6O3/c1-3-7-26-15-5-4-6-22(11-15)17(24)19-13-8-14(10-16(9-13)25-2)23-12-18-20-21-23/h8-10,12,15H,3-7,11H2,1-2H3,(H,19,24). The molecule has 1 saturated heterocycles. The molecule has 0 aliphatic carbocycles. The van der Waals surface area contributed by atoms with E-state index in [2.05, 4.69) is 27.8 Å². The van der Waals surface area contributed by atoms with Gasteiger partial charge in [0.05, 0.1) is 18.9 Å². The van der Waals surface area contributed by atoms with Gasteiger partial charge in [-0.15, -0.1) is 5.10 Å². The van der Waals surface area contributed by atoms with Gasteiger partial charge in [0.15, 0.2) is 0 Å². The first kappa shape index (κ1) is 18.1. The minimum atomic E-state index is -0.147. The maximum absolute atomic E-state index is 12.7. The number of aromatic nitrogens is 4. The van der Waals surface area contributed by atoms with Crippen molar-refractivity contribution in [1.82, 2.24) is 25.1 Å². The van der Waals surface area contributed by atoms with Crippen molar-refractivity contribution in [2.45, 2.75) is 32.3 Å². The summed E-state index contributed by atoms with van der Waals surface area (Å²) in [4.78, 5) is 14.4. The third kappa shape index (κ3) is 4.48. The van der Waals surface area contributed by atoms with E-state index in [0.29, 0.717) is 23.7 Å². The van der Waals surface area contributed by atoms with E-state index in [9.17, 15) is 4.79 Å². The minimum Gasteiger partial charge on any atom is -0.497 e. The topological polar surface area (TPSA) is 94.4 Å². The zero-order chi connectivity index (χ0) is 18.4. The van der Waals surface area contributed by atoms with Crippen molar-refractivity contribution in [1.29, 1.82) is 0 Å². The summed E-state index contributed by atoms with van der Waals surface area (Å²) in [7, 11) is 1.57. The van der Waals surface area contributed by atoms with Crippen LogP contribution < -0.4 is 10.1 Å². The molecule has 1 atom stereocenters. The number of nitrogens with zero attached hydrogens (tertiary/aromatic N) is 5. The number of ether oxygens (including phenoxy) is 2. The predicted molar refractivity (Wildman–Crippen MR) is 95.6 cm³/mol. The normalized spacial score (nSPS) is 17.2. The van der Waals surface area contributed by atoms with E-state index in [1.807, 2.05) is 0 Å². The number of carbonyl (C=O) groups excluding carboxylic acids is 1. The van der Waals surface area contributed by atoms with Crippen LogP contribution in [0.5, 0.6) is 5.75 Å². The summed E-state index contributed by atoms with van der Waals surface area (Å²) in [5, 5.41) is 14.1. The Bertz CT molecular complexity index is 721. The molecule has 1 aliphatic rings. The average Bonchev–Trinajstić information content (AvgIpc) is 3.21. The highest BCUT2D eigenvalue weighted by molar-refractivity contribution is 5.90. The molecule has 26 heavy (non-hydrogen) atoms. The van der Waals surface area contributed by atoms with Gasteiger partial charge in [-0.05, 0) is 35.8 Å². The van der Waals surface area contributed by atoms with Crippen LogP contribution in [0, 0.1) is 0 Å². The molecule has 1 N–H and O–H groups in total. The number of hydrogen-bond acceptors (Lipinski definition) is 6. The maximum atomic E-state index is 12.7. The van der Waals surface area contributed by atoms with E-state index in [0.717, 1.165) is 32.4 Å². The molecule has 1 fully saturated rings. The van der Waals surface area contributed by atoms with Gasteiger partial charge >= 0.3 is 6.03 Å². The van der Waals surface area contributed by atoms with Crippen molar-refractivity contribution in [2.24, 2.45) is 0 Å². The summed E-state index contributed by atoms with van der Waals surface area (Å²) in [6.45, 7) is 4.14. The zero-order valence-corrected chi connectivity index (χ0v) is 15.1. The van der Waals surface area contributed by atoms with Gasteiger partial charge in [-0.25, -0.2) is 9.48 Å². The summed E-state index contributed by atoms with van der Waals surface area (Å²) < 4.78 is 12.6. The number of amides is 2. The van der Waals surface area contributed by atoms with Crippen LogP contribution in [-0.2, 0) is 4.74 Å². The number of urea groups is 1. The van der Waals surface area contributed by atoms with E-state index >= 15 is 0 Å². The van der Waals surface area contributed by atoms with Crippen LogP contribution in [0.2, 0.25) is 0 Å². The molecule has 2 heterocycles. The van der Waals surface area contributed by atoms with Crippen molar-refractivity contribution in [3.8, 4) is 11.4 Å². The highest BCUT2D eigenvalue weighted by Gasteiger charge is 2.24. The van der Waals surface area contributed by atoms with Crippen LogP contribution in [-0.4, -0.2) is 64.0 Å². The van der Waals surface area contributed by atoms with Crippen LogP contribution in [0.15, 0.2) is 24.5 Å². The Balaban J connectivity index is 1.69. The molecule has 2 aromatic rings. The average molecular weight is 360 g/mol. The Morgan fingerprint density at radius 1 is 1.38 bits per heavy atom. The molecule has 1 aliphatic heterocycles. The van der Waals surface area contributed by atoms with E-state index < -0.39 is 0 Å². The van der Waals surface area contributed by atoms with Gasteiger partial charge in [0.2, 0.25) is 0 Å². The van der Waals surface area contributed by atoms with Crippen molar-refractivity contribution in [3.63, 3.8) is 0 Å². The number of rotatable bonds is 6. The van der Waals surface area contributed by atoms with E-state index in [4.69, 9.17) is 9.47 Å². The quantitative estimate of drug-likeness (QED) is 0.848. The first-order chi connectivity index (χ1) is 12.7. The molecular weight excluding hydrogens is 336 g/mol. The zero-order valence-electron chi connectivity index (χ0n) is 15.1. The Hall–Kier alpha value is -2.68. The third-order valence-corrected chi connectivity index (χ3v) is 4.21. The molecule has 1 aromatic heterocycles. The second-order valence-electron chi connectivity index (χ2n) is 6.19. The molecule has 0 saturated carbocycles. The molecule has 0 bridgehead atoms. The van der Waals surface area contributed by atoms with Gasteiger partial charge in [-0.2, -0.15) is 0 Å². The van der Waals surface area contributed by atoms with Gasteiger partial charge in [0.25, 0.3) is 0 Å². The van der Waals surface area contributed by atoms with Crippen LogP contribution >= 0.6 is 0 Å². The lowest BCUT2D eigenvalue weighted by atomic mass is 10.1. The fourth-order valence-electron chi connectivity index (χ4n) is 2.93. The number of nitrogens with one attached hydrogen (secondary N) is 1. The summed E-state index contributed by atoms with van der Waals surface area (Å²) in [5.74, 6) is 0.607. The molecular formula is C17H24N6O3. The Morgan fingerprint density at radius 3 is 3.00 bits per heavy atom. The van der Waals surface area contributed by atoms with Crippen molar-refractivity contribution in [3.05, 3.63) is 24.5 Å². The SMILES string of the molecule is CCCOC1CCCN(C(=O)Nc2cc(OC)cc(-n3cnnn3)c2)C1. The first-order valence-corrected chi connectivity index (χ1v) is 8.79. The van der Waals surface area contributed by atoms with Gasteiger partial charge in [0, 0.05) is 37.5 Å². The minimum absolute atomic E-state index is 0.108. The number of piperidine rings is 1. The van der Waals surface area contributed by atoms with Gasteiger partial charge in [0.1, 0.15) is 12.1 Å². The van der Waals surface area contributed by atoms with Crippen molar-refractivity contribution in [2.75, 3.05) is 32.1 Å². The Kier molecular flexibility index (Phi) is 6.00. The number of hydrogen-bond donors (Lipinski definition) is 1. The molecule has 3 rings (SSSR count). The lowest BCUT2D eigenvalue weighted by molar-refractivity contribution is 0.0115. The first-order valence-electron chi connectivity index (χ1n) is 8.79. The number of methoxy groups -OCH3 is 1. The number of anilines is 1. The van der Waals surface area contributed by atoms with E-state index in [1.165, 1.54) is 11.0 Å². The molecule has 0 spiro atoms. The van der Waals surface area contributed by atoms with Crippen LogP contribution in [0.3, 0.4) is 0 Å². The molecule has 9 nitrogen and oxygen atoms in total. The van der Waals surface area contributed by atoms with Crippen LogP contribution in [0.1, 0.15) is 26.2 Å². The molecule has 2 amide bonds. The predicted octanol–water partition coefficient (Wildman–Crippen LogP) is 2.09. The number of carbonyl (C=O) groups is 1. The summed E-state index contributed by atoms with van der Waals surface area (Å²) >= 11 is 0. The summed E-state index contributed by atoms with van der Waals surface area (Å²) in [6.07, 6.45) is 4.51. The van der Waals surface area contributed by atoms with E-state index in [1.54, 1.807) is 30.2 Å². The van der Waals surface area contributed by atoms with Gasteiger partial charge in [-0.3, -0.25) is 0 Å². The van der Waals surface area contributed by atoms with Gasteiger partial charge in [-0.1, -0.05) is 6.92 Å². The smallest absolute Gasteiger partial charge is 0.321 e. The monoisotopic (exact) mass is 360 g/mol. The van der Waals surface area contributed by atoms with E-state index in [-0.39, 0.29) is 12.1 Å². The maximum Gasteiger partial charge on any atom is 0.321 e. The van der Waals surface area contributed by atoms with Crippen LogP contribution in [0.4, 0.5) is 10.5 Å².